The van der Waals surface area contributed by atoms with Gasteiger partial charge < -0.3 is 15.6 Å². The van der Waals surface area contributed by atoms with Crippen molar-refractivity contribution in [2.24, 2.45) is 0 Å². The number of nitrogens with two attached hydrogens (primary N) is 1. The number of anilines is 1. The fourth-order valence-corrected chi connectivity index (χ4v) is 1.04. The van der Waals surface area contributed by atoms with Crippen LogP contribution in [-0.4, -0.2) is 24.2 Å². The van der Waals surface area contributed by atoms with Gasteiger partial charge in [-0.05, 0) is 12.1 Å². The molecule has 6 heteroatoms. The van der Waals surface area contributed by atoms with Gasteiger partial charge in [-0.3, -0.25) is 0 Å². The molecule has 0 radical (unpaired) electrons. The minimum absolute atomic E-state index is 0.210. The largest absolute Gasteiger partial charge is 0.478 e. The van der Waals surface area contributed by atoms with Crippen LogP contribution in [0, 0.1) is 17.7 Å². The Balaban J connectivity index is 3.24. The number of carbonyl (C=O) groups is 2. The van der Waals surface area contributed by atoms with Gasteiger partial charge in [0.2, 0.25) is 0 Å². The standard InChI is InChI=1S/C11H8FNO4/c1-17-10(14)3-2-6-4-7(11(15)16)9(13)5-8(6)12/h4-5H,13H2,1H3,(H,15,16). The molecule has 0 aliphatic heterocycles. The lowest BCUT2D eigenvalue weighted by atomic mass is 10.1. The van der Waals surface area contributed by atoms with E-state index in [1.54, 1.807) is 0 Å². The fourth-order valence-electron chi connectivity index (χ4n) is 1.04. The van der Waals surface area contributed by atoms with Gasteiger partial charge in [0, 0.05) is 11.6 Å². The van der Waals surface area contributed by atoms with Crippen LogP contribution in [0.2, 0.25) is 0 Å². The summed E-state index contributed by atoms with van der Waals surface area (Å²) in [6.45, 7) is 0. The number of nitrogen functional groups attached to an aromatic ring is 1. The number of hydrogen-bond donors (Lipinski definition) is 2. The minimum atomic E-state index is -1.30. The maximum atomic E-state index is 13.3. The Morgan fingerprint density at radius 2 is 2.12 bits per heavy atom. The van der Waals surface area contributed by atoms with Crippen molar-refractivity contribution in [3.05, 3.63) is 29.1 Å². The topological polar surface area (TPSA) is 89.6 Å². The third-order valence-corrected chi connectivity index (χ3v) is 1.85. The fraction of sp³-hybridized carbons (Fsp3) is 0.0909. The summed E-state index contributed by atoms with van der Waals surface area (Å²) in [6.07, 6.45) is 0. The van der Waals surface area contributed by atoms with Crippen LogP contribution in [-0.2, 0) is 9.53 Å². The van der Waals surface area contributed by atoms with Gasteiger partial charge in [-0.25, -0.2) is 14.0 Å². The molecule has 17 heavy (non-hydrogen) atoms. The number of halogens is 1. The lowest BCUT2D eigenvalue weighted by molar-refractivity contribution is -0.133. The molecular formula is C11H8FNO4. The molecule has 0 saturated heterocycles. The molecule has 1 aromatic rings. The van der Waals surface area contributed by atoms with Crippen molar-refractivity contribution in [2.75, 3.05) is 12.8 Å². The SMILES string of the molecule is COC(=O)C#Cc1cc(C(=O)O)c(N)cc1F. The van der Waals surface area contributed by atoms with Crippen LogP contribution in [0.1, 0.15) is 15.9 Å². The van der Waals surface area contributed by atoms with Crippen LogP contribution in [0.4, 0.5) is 10.1 Å². The third-order valence-electron chi connectivity index (χ3n) is 1.85. The summed E-state index contributed by atoms with van der Waals surface area (Å²) in [7, 11) is 1.12. The Bertz CT molecular complexity index is 542. The number of carboxylic acid groups (broad SMARTS) is 1. The minimum Gasteiger partial charge on any atom is -0.478 e. The quantitative estimate of drug-likeness (QED) is 0.425. The number of rotatable bonds is 1. The highest BCUT2D eigenvalue weighted by molar-refractivity contribution is 5.94. The highest BCUT2D eigenvalue weighted by Crippen LogP contribution is 2.17. The van der Waals surface area contributed by atoms with Gasteiger partial charge in [-0.1, -0.05) is 5.92 Å². The predicted molar refractivity (Wildman–Crippen MR) is 56.7 cm³/mol. The van der Waals surface area contributed by atoms with Crippen LogP contribution in [0.3, 0.4) is 0 Å². The maximum absolute atomic E-state index is 13.3. The second-order valence-corrected chi connectivity index (χ2v) is 2.97. The normalized spacial score (nSPS) is 9.06. The van der Waals surface area contributed by atoms with Crippen molar-refractivity contribution >= 4 is 17.6 Å². The monoisotopic (exact) mass is 237 g/mol. The molecule has 3 N–H and O–H groups in total. The predicted octanol–water partition coefficient (Wildman–Crippen LogP) is 0.631. The summed E-state index contributed by atoms with van der Waals surface area (Å²) in [5.74, 6) is 1.20. The summed E-state index contributed by atoms with van der Waals surface area (Å²) in [6, 6.07) is 1.80. The molecule has 5 nitrogen and oxygen atoms in total. The molecule has 0 bridgehead atoms. The van der Waals surface area contributed by atoms with Crippen molar-refractivity contribution < 1.29 is 23.8 Å². The van der Waals surface area contributed by atoms with Crippen LogP contribution in [0.25, 0.3) is 0 Å². The molecule has 0 amide bonds. The molecule has 1 aromatic carbocycles. The van der Waals surface area contributed by atoms with E-state index < -0.39 is 17.8 Å². The number of methoxy groups -OCH3 is 1. The molecule has 88 valence electrons. The first-order valence-electron chi connectivity index (χ1n) is 4.38. The molecule has 0 saturated carbocycles. The van der Waals surface area contributed by atoms with Gasteiger partial charge in [0.1, 0.15) is 5.82 Å². The maximum Gasteiger partial charge on any atom is 0.384 e. The molecule has 0 aliphatic carbocycles. The van der Waals surface area contributed by atoms with E-state index in [1.165, 1.54) is 0 Å². The van der Waals surface area contributed by atoms with Crippen molar-refractivity contribution in [3.8, 4) is 11.8 Å². The van der Waals surface area contributed by atoms with E-state index in [2.05, 4.69) is 10.7 Å². The van der Waals surface area contributed by atoms with Crippen molar-refractivity contribution in [3.63, 3.8) is 0 Å². The first-order valence-corrected chi connectivity index (χ1v) is 4.38. The Kier molecular flexibility index (Phi) is 3.67. The van der Waals surface area contributed by atoms with Crippen molar-refractivity contribution in [1.82, 2.24) is 0 Å². The average Bonchev–Trinajstić information content (AvgIpc) is 2.26. The van der Waals surface area contributed by atoms with Crippen LogP contribution >= 0.6 is 0 Å². The summed E-state index contributed by atoms with van der Waals surface area (Å²) in [4.78, 5) is 21.5. The smallest absolute Gasteiger partial charge is 0.384 e. The summed E-state index contributed by atoms with van der Waals surface area (Å²) >= 11 is 0. The zero-order chi connectivity index (χ0) is 13.0. The molecule has 0 fully saturated rings. The van der Waals surface area contributed by atoms with Gasteiger partial charge in [0.15, 0.2) is 0 Å². The second-order valence-electron chi connectivity index (χ2n) is 2.97. The number of ether oxygens (including phenoxy) is 1. The van der Waals surface area contributed by atoms with E-state index >= 15 is 0 Å². The number of carbonyl (C=O) groups excluding carboxylic acids is 1. The van der Waals surface area contributed by atoms with Gasteiger partial charge >= 0.3 is 11.9 Å². The molecule has 0 unspecified atom stereocenters. The van der Waals surface area contributed by atoms with E-state index in [0.29, 0.717) is 0 Å². The van der Waals surface area contributed by atoms with Crippen LogP contribution < -0.4 is 5.73 Å². The van der Waals surface area contributed by atoms with Crippen molar-refractivity contribution in [2.45, 2.75) is 0 Å². The van der Waals surface area contributed by atoms with Crippen molar-refractivity contribution in [1.29, 1.82) is 0 Å². The Hall–Kier alpha value is -2.55. The molecule has 0 spiro atoms. The first-order chi connectivity index (χ1) is 7.95. The molecular weight excluding hydrogens is 229 g/mol. The zero-order valence-electron chi connectivity index (χ0n) is 8.78. The van der Waals surface area contributed by atoms with E-state index in [1.807, 2.05) is 5.92 Å². The molecule has 1 rings (SSSR count). The molecule has 0 heterocycles. The lowest BCUT2D eigenvalue weighted by Gasteiger charge is -2.02. The molecule has 0 atom stereocenters. The lowest BCUT2D eigenvalue weighted by Crippen LogP contribution is -2.04. The zero-order valence-corrected chi connectivity index (χ0v) is 8.78. The Labute approximate surface area is 96.0 Å². The summed E-state index contributed by atoms with van der Waals surface area (Å²) in [5.41, 5.74) is 4.59. The second kappa shape index (κ2) is 4.99. The first kappa shape index (κ1) is 12.5. The Morgan fingerprint density at radius 1 is 1.47 bits per heavy atom. The van der Waals surface area contributed by atoms with Gasteiger partial charge in [0.05, 0.1) is 18.2 Å². The van der Waals surface area contributed by atoms with Crippen LogP contribution in [0.15, 0.2) is 12.1 Å². The molecule has 0 aliphatic rings. The van der Waals surface area contributed by atoms with E-state index in [4.69, 9.17) is 10.8 Å². The Morgan fingerprint density at radius 3 is 2.65 bits per heavy atom. The van der Waals surface area contributed by atoms with E-state index in [9.17, 15) is 14.0 Å². The van der Waals surface area contributed by atoms with Crippen LogP contribution in [0.5, 0.6) is 0 Å². The molecule has 0 aromatic heterocycles. The number of hydrogen-bond acceptors (Lipinski definition) is 4. The number of benzene rings is 1. The van der Waals surface area contributed by atoms with E-state index in [-0.39, 0.29) is 16.8 Å². The summed E-state index contributed by atoms with van der Waals surface area (Å²) < 4.78 is 17.6. The van der Waals surface area contributed by atoms with Gasteiger partial charge in [-0.2, -0.15) is 0 Å². The highest BCUT2D eigenvalue weighted by Gasteiger charge is 2.12. The highest BCUT2D eigenvalue weighted by atomic mass is 19.1. The number of aromatic carboxylic acids is 1. The third kappa shape index (κ3) is 2.95. The average molecular weight is 237 g/mol. The van der Waals surface area contributed by atoms with Gasteiger partial charge in [-0.15, -0.1) is 0 Å². The van der Waals surface area contributed by atoms with E-state index in [0.717, 1.165) is 19.2 Å². The summed E-state index contributed by atoms with van der Waals surface area (Å²) in [5, 5.41) is 8.76. The number of esters is 1. The number of carboxylic acids is 1. The van der Waals surface area contributed by atoms with Gasteiger partial charge in [0.25, 0.3) is 0 Å².